The molecule has 3 nitrogen and oxygen atoms in total. The Bertz CT molecular complexity index is 514. The van der Waals surface area contributed by atoms with Gasteiger partial charge in [0.25, 0.3) is 0 Å². The SMILES string of the molecule is Cn1cc(C(O)C2(c3ccccc3)CC2)cn1. The molecule has 0 aliphatic heterocycles. The van der Waals surface area contributed by atoms with E-state index in [0.717, 1.165) is 18.4 Å². The molecule has 1 aliphatic carbocycles. The van der Waals surface area contributed by atoms with Crippen LogP contribution in [0.4, 0.5) is 0 Å². The minimum atomic E-state index is -0.446. The highest BCUT2D eigenvalue weighted by molar-refractivity contribution is 5.36. The fourth-order valence-electron chi connectivity index (χ4n) is 2.53. The van der Waals surface area contributed by atoms with Crippen LogP contribution in [-0.2, 0) is 12.5 Å². The Morgan fingerprint density at radius 3 is 2.53 bits per heavy atom. The summed E-state index contributed by atoms with van der Waals surface area (Å²) >= 11 is 0. The third-order valence-electron chi connectivity index (χ3n) is 3.70. The monoisotopic (exact) mass is 228 g/mol. The first-order chi connectivity index (χ1) is 8.22. The van der Waals surface area contributed by atoms with Gasteiger partial charge in [-0.15, -0.1) is 0 Å². The van der Waals surface area contributed by atoms with Gasteiger partial charge in [0.15, 0.2) is 0 Å². The lowest BCUT2D eigenvalue weighted by Gasteiger charge is -2.21. The number of hydrogen-bond acceptors (Lipinski definition) is 2. The van der Waals surface area contributed by atoms with E-state index in [-0.39, 0.29) is 5.41 Å². The number of hydrogen-bond donors (Lipinski definition) is 1. The predicted molar refractivity (Wildman–Crippen MR) is 65.5 cm³/mol. The number of aryl methyl sites for hydroxylation is 1. The average Bonchev–Trinajstić information content (AvgIpc) is 3.07. The fourth-order valence-corrected chi connectivity index (χ4v) is 2.53. The Kier molecular flexibility index (Phi) is 2.30. The summed E-state index contributed by atoms with van der Waals surface area (Å²) in [5, 5.41) is 14.7. The number of rotatable bonds is 3. The van der Waals surface area contributed by atoms with Gasteiger partial charge in [0.05, 0.1) is 12.3 Å². The Balaban J connectivity index is 1.94. The topological polar surface area (TPSA) is 38.0 Å². The molecule has 1 heterocycles. The van der Waals surface area contributed by atoms with E-state index >= 15 is 0 Å². The molecule has 1 N–H and O–H groups in total. The number of nitrogens with zero attached hydrogens (tertiary/aromatic N) is 2. The molecule has 0 saturated heterocycles. The van der Waals surface area contributed by atoms with E-state index < -0.39 is 6.10 Å². The summed E-state index contributed by atoms with van der Waals surface area (Å²) in [5.74, 6) is 0. The van der Waals surface area contributed by atoms with Crippen molar-refractivity contribution in [1.82, 2.24) is 9.78 Å². The zero-order valence-electron chi connectivity index (χ0n) is 9.87. The lowest BCUT2D eigenvalue weighted by Crippen LogP contribution is -2.17. The zero-order chi connectivity index (χ0) is 11.9. The third-order valence-corrected chi connectivity index (χ3v) is 3.70. The Morgan fingerprint density at radius 2 is 2.00 bits per heavy atom. The highest BCUT2D eigenvalue weighted by atomic mass is 16.3. The van der Waals surface area contributed by atoms with E-state index in [1.54, 1.807) is 10.9 Å². The van der Waals surface area contributed by atoms with E-state index in [1.807, 2.05) is 31.4 Å². The van der Waals surface area contributed by atoms with Crippen molar-refractivity contribution in [3.63, 3.8) is 0 Å². The van der Waals surface area contributed by atoms with Crippen LogP contribution in [0.3, 0.4) is 0 Å². The number of aliphatic hydroxyl groups is 1. The van der Waals surface area contributed by atoms with Gasteiger partial charge in [0, 0.05) is 24.2 Å². The molecule has 1 aliphatic rings. The summed E-state index contributed by atoms with van der Waals surface area (Å²) in [5.41, 5.74) is 2.06. The van der Waals surface area contributed by atoms with Gasteiger partial charge < -0.3 is 5.11 Å². The Morgan fingerprint density at radius 1 is 1.29 bits per heavy atom. The van der Waals surface area contributed by atoms with E-state index in [2.05, 4.69) is 17.2 Å². The Labute approximate surface area is 101 Å². The van der Waals surface area contributed by atoms with Crippen molar-refractivity contribution in [1.29, 1.82) is 0 Å². The van der Waals surface area contributed by atoms with E-state index in [9.17, 15) is 5.11 Å². The number of aromatic nitrogens is 2. The van der Waals surface area contributed by atoms with Crippen LogP contribution in [0.1, 0.15) is 30.1 Å². The molecule has 88 valence electrons. The summed E-state index contributed by atoms with van der Waals surface area (Å²) in [6, 6.07) is 10.3. The maximum absolute atomic E-state index is 10.5. The summed E-state index contributed by atoms with van der Waals surface area (Å²) < 4.78 is 1.74. The quantitative estimate of drug-likeness (QED) is 0.874. The van der Waals surface area contributed by atoms with Crippen molar-refractivity contribution in [2.45, 2.75) is 24.4 Å². The van der Waals surface area contributed by atoms with Crippen LogP contribution < -0.4 is 0 Å². The van der Waals surface area contributed by atoms with Crippen LogP contribution in [0.5, 0.6) is 0 Å². The van der Waals surface area contributed by atoms with Crippen molar-refractivity contribution < 1.29 is 5.11 Å². The minimum Gasteiger partial charge on any atom is -0.387 e. The molecule has 3 heteroatoms. The van der Waals surface area contributed by atoms with E-state index in [1.165, 1.54) is 5.56 Å². The van der Waals surface area contributed by atoms with Crippen LogP contribution in [0.15, 0.2) is 42.7 Å². The summed E-state index contributed by atoms with van der Waals surface area (Å²) in [6.45, 7) is 0. The molecule has 3 rings (SSSR count). The molecule has 1 saturated carbocycles. The minimum absolute atomic E-state index is 0.0791. The van der Waals surface area contributed by atoms with Gasteiger partial charge in [-0.05, 0) is 18.4 Å². The molecule has 17 heavy (non-hydrogen) atoms. The molecule has 0 amide bonds. The lowest BCUT2D eigenvalue weighted by molar-refractivity contribution is 0.133. The molecule has 1 unspecified atom stereocenters. The van der Waals surface area contributed by atoms with Gasteiger partial charge in [-0.3, -0.25) is 4.68 Å². The molecule has 1 atom stereocenters. The van der Waals surface area contributed by atoms with E-state index in [4.69, 9.17) is 0 Å². The third kappa shape index (κ3) is 1.67. The lowest BCUT2D eigenvalue weighted by atomic mass is 9.87. The van der Waals surface area contributed by atoms with Crippen molar-refractivity contribution in [2.75, 3.05) is 0 Å². The largest absolute Gasteiger partial charge is 0.387 e. The average molecular weight is 228 g/mol. The molecular formula is C14H16N2O. The van der Waals surface area contributed by atoms with Crippen LogP contribution in [0.25, 0.3) is 0 Å². The molecule has 1 aromatic heterocycles. The number of benzene rings is 1. The zero-order valence-corrected chi connectivity index (χ0v) is 9.87. The van der Waals surface area contributed by atoms with Crippen molar-refractivity contribution in [3.05, 3.63) is 53.9 Å². The molecule has 0 radical (unpaired) electrons. The Hall–Kier alpha value is -1.61. The van der Waals surface area contributed by atoms with Crippen LogP contribution in [-0.4, -0.2) is 14.9 Å². The van der Waals surface area contributed by atoms with Crippen molar-refractivity contribution >= 4 is 0 Å². The van der Waals surface area contributed by atoms with Crippen molar-refractivity contribution in [3.8, 4) is 0 Å². The summed E-state index contributed by atoms with van der Waals surface area (Å²) in [7, 11) is 1.87. The summed E-state index contributed by atoms with van der Waals surface area (Å²) in [4.78, 5) is 0. The smallest absolute Gasteiger partial charge is 0.0916 e. The maximum Gasteiger partial charge on any atom is 0.0916 e. The molecule has 1 aromatic carbocycles. The second-order valence-corrected chi connectivity index (χ2v) is 4.87. The standard InChI is InChI=1S/C14H16N2O/c1-16-10-11(9-15-16)13(17)14(7-8-14)12-5-3-2-4-6-12/h2-6,9-10,13,17H,7-8H2,1H3. The maximum atomic E-state index is 10.5. The molecule has 2 aromatic rings. The van der Waals surface area contributed by atoms with Gasteiger partial charge in [-0.25, -0.2) is 0 Å². The van der Waals surface area contributed by atoms with Crippen LogP contribution >= 0.6 is 0 Å². The van der Waals surface area contributed by atoms with Gasteiger partial charge in [0.2, 0.25) is 0 Å². The second kappa shape index (κ2) is 3.70. The van der Waals surface area contributed by atoms with Gasteiger partial charge in [-0.2, -0.15) is 5.10 Å². The van der Waals surface area contributed by atoms with E-state index in [0.29, 0.717) is 0 Å². The summed E-state index contributed by atoms with van der Waals surface area (Å²) in [6.07, 6.45) is 5.31. The molecular weight excluding hydrogens is 212 g/mol. The molecule has 0 spiro atoms. The highest BCUT2D eigenvalue weighted by Gasteiger charge is 2.51. The van der Waals surface area contributed by atoms with Gasteiger partial charge >= 0.3 is 0 Å². The first kappa shape index (κ1) is 10.5. The van der Waals surface area contributed by atoms with Crippen LogP contribution in [0.2, 0.25) is 0 Å². The van der Waals surface area contributed by atoms with Gasteiger partial charge in [-0.1, -0.05) is 30.3 Å². The number of aliphatic hydroxyl groups excluding tert-OH is 1. The predicted octanol–water partition coefficient (Wildman–Crippen LogP) is 2.19. The van der Waals surface area contributed by atoms with Gasteiger partial charge in [0.1, 0.15) is 0 Å². The van der Waals surface area contributed by atoms with Crippen molar-refractivity contribution in [2.24, 2.45) is 7.05 Å². The first-order valence-corrected chi connectivity index (χ1v) is 5.94. The second-order valence-electron chi connectivity index (χ2n) is 4.87. The van der Waals surface area contributed by atoms with Crippen LogP contribution in [0, 0.1) is 0 Å². The highest BCUT2D eigenvalue weighted by Crippen LogP contribution is 2.56. The normalized spacial score (nSPS) is 18.9. The molecule has 0 bridgehead atoms. The fraction of sp³-hybridized carbons (Fsp3) is 0.357. The first-order valence-electron chi connectivity index (χ1n) is 5.94. The molecule has 1 fully saturated rings.